The highest BCUT2D eigenvalue weighted by Gasteiger charge is 2.30. The van der Waals surface area contributed by atoms with Gasteiger partial charge < -0.3 is 4.74 Å². The summed E-state index contributed by atoms with van der Waals surface area (Å²) in [7, 11) is -2.49. The van der Waals surface area contributed by atoms with Gasteiger partial charge in [0, 0.05) is 12.1 Å². The van der Waals surface area contributed by atoms with Gasteiger partial charge in [0.25, 0.3) is 0 Å². The molecule has 0 amide bonds. The van der Waals surface area contributed by atoms with Gasteiger partial charge in [0.05, 0.1) is 17.6 Å². The topological polar surface area (TPSA) is 72.5 Å². The lowest BCUT2D eigenvalue weighted by Gasteiger charge is -2.04. The molecule has 0 bridgehead atoms. The van der Waals surface area contributed by atoms with Crippen molar-refractivity contribution < 1.29 is 22.3 Å². The van der Waals surface area contributed by atoms with Crippen LogP contribution in [0.1, 0.15) is 15.9 Å². The molecule has 0 aromatic heterocycles. The molecule has 7 heteroatoms. The zero-order chi connectivity index (χ0) is 11.9. The first-order valence-corrected chi connectivity index (χ1v) is 5.85. The Labute approximate surface area is 91.3 Å². The van der Waals surface area contributed by atoms with E-state index in [0.717, 1.165) is 13.2 Å². The Bertz CT molecular complexity index is 567. The van der Waals surface area contributed by atoms with Crippen LogP contribution in [0.15, 0.2) is 17.0 Å². The molecule has 1 aliphatic heterocycles. The number of benzene rings is 1. The van der Waals surface area contributed by atoms with Crippen molar-refractivity contribution in [2.75, 3.05) is 7.11 Å². The molecule has 0 aliphatic carbocycles. The summed E-state index contributed by atoms with van der Waals surface area (Å²) in [5.41, 5.74) is -0.289. The van der Waals surface area contributed by atoms with Crippen LogP contribution in [0.2, 0.25) is 0 Å². The first-order valence-electron chi connectivity index (χ1n) is 4.36. The highest BCUT2D eigenvalue weighted by molar-refractivity contribution is 7.89. The molecule has 0 spiro atoms. The summed E-state index contributed by atoms with van der Waals surface area (Å²) >= 11 is 0. The average Bonchev–Trinajstić information content (AvgIpc) is 2.55. The van der Waals surface area contributed by atoms with Crippen LogP contribution in [-0.2, 0) is 21.3 Å². The number of carbonyl (C=O) groups is 1. The van der Waals surface area contributed by atoms with Gasteiger partial charge in [-0.2, -0.15) is 0 Å². The maximum Gasteiger partial charge on any atom is 0.340 e. The van der Waals surface area contributed by atoms with E-state index < -0.39 is 21.8 Å². The molecule has 0 fully saturated rings. The molecule has 2 rings (SSSR count). The van der Waals surface area contributed by atoms with E-state index in [1.807, 2.05) is 0 Å². The first-order chi connectivity index (χ1) is 7.47. The van der Waals surface area contributed by atoms with Crippen LogP contribution in [-0.4, -0.2) is 21.5 Å². The molecule has 1 aromatic rings. The van der Waals surface area contributed by atoms with Gasteiger partial charge >= 0.3 is 5.97 Å². The first kappa shape index (κ1) is 11.0. The minimum atomic E-state index is -3.62. The lowest BCUT2D eigenvalue weighted by molar-refractivity contribution is 0.0595. The Kier molecular flexibility index (Phi) is 2.43. The van der Waals surface area contributed by atoms with Gasteiger partial charge in [0.1, 0.15) is 5.82 Å². The summed E-state index contributed by atoms with van der Waals surface area (Å²) in [4.78, 5) is 11.0. The third kappa shape index (κ3) is 1.48. The lowest BCUT2D eigenvalue weighted by Crippen LogP contribution is -2.13. The second kappa shape index (κ2) is 3.53. The van der Waals surface area contributed by atoms with Gasteiger partial charge in [-0.25, -0.2) is 22.3 Å². The average molecular weight is 245 g/mol. The second-order valence-corrected chi connectivity index (χ2v) is 4.96. The van der Waals surface area contributed by atoms with E-state index in [1.54, 1.807) is 0 Å². The molecule has 5 nitrogen and oxygen atoms in total. The third-order valence-corrected chi connectivity index (χ3v) is 3.82. The zero-order valence-corrected chi connectivity index (χ0v) is 9.10. The van der Waals surface area contributed by atoms with Gasteiger partial charge in [0.15, 0.2) is 0 Å². The second-order valence-electron chi connectivity index (χ2n) is 3.22. The SMILES string of the molecule is COC(=O)c1ccc2c(c1F)CNS2(=O)=O. The molecule has 0 saturated heterocycles. The fourth-order valence-corrected chi connectivity index (χ4v) is 2.76. The predicted octanol–water partition coefficient (Wildman–Crippen LogP) is 0.404. The zero-order valence-electron chi connectivity index (χ0n) is 8.28. The summed E-state index contributed by atoms with van der Waals surface area (Å²) in [5, 5.41) is 0. The minimum absolute atomic E-state index is 0.0251. The number of sulfonamides is 1. The quantitative estimate of drug-likeness (QED) is 0.727. The number of hydrogen-bond acceptors (Lipinski definition) is 4. The predicted molar refractivity (Wildman–Crippen MR) is 51.8 cm³/mol. The molecule has 0 radical (unpaired) electrons. The third-order valence-electron chi connectivity index (χ3n) is 2.33. The molecule has 1 N–H and O–H groups in total. The molecule has 1 aromatic carbocycles. The number of rotatable bonds is 1. The van der Waals surface area contributed by atoms with Gasteiger partial charge in [-0.15, -0.1) is 0 Å². The number of nitrogens with one attached hydrogen (secondary N) is 1. The molecule has 16 heavy (non-hydrogen) atoms. The Morgan fingerprint density at radius 1 is 1.50 bits per heavy atom. The maximum absolute atomic E-state index is 13.7. The van der Waals surface area contributed by atoms with Crippen LogP contribution in [0.4, 0.5) is 4.39 Å². The normalized spacial score (nSPS) is 16.9. The van der Waals surface area contributed by atoms with Crippen LogP contribution in [0.5, 0.6) is 0 Å². The van der Waals surface area contributed by atoms with Crippen LogP contribution in [0.3, 0.4) is 0 Å². The highest BCUT2D eigenvalue weighted by Crippen LogP contribution is 2.27. The van der Waals surface area contributed by atoms with Gasteiger partial charge in [0.2, 0.25) is 10.0 Å². The van der Waals surface area contributed by atoms with E-state index >= 15 is 0 Å². The van der Waals surface area contributed by atoms with Crippen molar-refractivity contribution >= 4 is 16.0 Å². The van der Waals surface area contributed by atoms with E-state index in [0.29, 0.717) is 0 Å². The van der Waals surface area contributed by atoms with E-state index in [4.69, 9.17) is 0 Å². The standard InChI is InChI=1S/C9H8FNO4S/c1-15-9(12)5-2-3-7-6(8(5)10)4-11-16(7,13)14/h2-3,11H,4H2,1H3. The highest BCUT2D eigenvalue weighted by atomic mass is 32.2. The summed E-state index contributed by atoms with van der Waals surface area (Å²) in [6.45, 7) is -0.145. The van der Waals surface area contributed by atoms with Crippen molar-refractivity contribution in [3.8, 4) is 0 Å². The summed E-state index contributed by atoms with van der Waals surface area (Å²) < 4.78 is 43.0. The Morgan fingerprint density at radius 2 is 2.19 bits per heavy atom. The maximum atomic E-state index is 13.7. The summed E-state index contributed by atoms with van der Waals surface area (Å²) in [6, 6.07) is 2.30. The number of ether oxygens (including phenoxy) is 1. The molecule has 0 atom stereocenters. The van der Waals surface area contributed by atoms with Crippen LogP contribution >= 0.6 is 0 Å². The number of esters is 1. The Morgan fingerprint density at radius 3 is 2.81 bits per heavy atom. The minimum Gasteiger partial charge on any atom is -0.465 e. The monoisotopic (exact) mass is 245 g/mol. The molecule has 1 aliphatic rings. The lowest BCUT2D eigenvalue weighted by atomic mass is 10.1. The van der Waals surface area contributed by atoms with E-state index in [2.05, 4.69) is 9.46 Å². The van der Waals surface area contributed by atoms with Crippen molar-refractivity contribution in [1.82, 2.24) is 4.72 Å². The number of methoxy groups -OCH3 is 1. The van der Waals surface area contributed by atoms with Gasteiger partial charge in [-0.3, -0.25) is 0 Å². The van der Waals surface area contributed by atoms with Crippen LogP contribution in [0, 0.1) is 5.82 Å². The van der Waals surface area contributed by atoms with Gasteiger partial charge in [-0.05, 0) is 12.1 Å². The van der Waals surface area contributed by atoms with Crippen molar-refractivity contribution in [1.29, 1.82) is 0 Å². The van der Waals surface area contributed by atoms with E-state index in [9.17, 15) is 17.6 Å². The van der Waals surface area contributed by atoms with Crippen LogP contribution < -0.4 is 4.72 Å². The van der Waals surface area contributed by atoms with Crippen molar-refractivity contribution in [2.24, 2.45) is 0 Å². The molecular weight excluding hydrogens is 237 g/mol. The summed E-state index contributed by atoms with van der Waals surface area (Å²) in [5.74, 6) is -1.68. The number of fused-ring (bicyclic) bond motifs is 1. The van der Waals surface area contributed by atoms with E-state index in [1.165, 1.54) is 6.07 Å². The number of halogens is 1. The Hall–Kier alpha value is -1.47. The fourth-order valence-electron chi connectivity index (χ4n) is 1.53. The fraction of sp³-hybridized carbons (Fsp3) is 0.222. The molecule has 0 saturated carbocycles. The number of hydrogen-bond donors (Lipinski definition) is 1. The number of carbonyl (C=O) groups excluding carboxylic acids is 1. The van der Waals surface area contributed by atoms with Crippen molar-refractivity contribution in [3.05, 3.63) is 29.1 Å². The summed E-state index contributed by atoms with van der Waals surface area (Å²) in [6.07, 6.45) is 0. The molecule has 0 unspecified atom stereocenters. The smallest absolute Gasteiger partial charge is 0.340 e. The largest absolute Gasteiger partial charge is 0.465 e. The van der Waals surface area contributed by atoms with Gasteiger partial charge in [-0.1, -0.05) is 0 Å². The van der Waals surface area contributed by atoms with Crippen molar-refractivity contribution in [3.63, 3.8) is 0 Å². The molecule has 1 heterocycles. The van der Waals surface area contributed by atoms with E-state index in [-0.39, 0.29) is 22.6 Å². The van der Waals surface area contributed by atoms with Crippen molar-refractivity contribution in [2.45, 2.75) is 11.4 Å². The molecule has 86 valence electrons. The van der Waals surface area contributed by atoms with Crippen LogP contribution in [0.25, 0.3) is 0 Å². The molecular formula is C9H8FNO4S. The Balaban J connectivity index is 2.64.